The van der Waals surface area contributed by atoms with Crippen LogP contribution in [0.1, 0.15) is 35.4 Å². The summed E-state index contributed by atoms with van der Waals surface area (Å²) >= 11 is 1.49. The number of rotatable bonds is 1. The van der Waals surface area contributed by atoms with Gasteiger partial charge in [-0.15, -0.1) is 11.3 Å². The van der Waals surface area contributed by atoms with Gasteiger partial charge < -0.3 is 9.80 Å². The standard InChI is InChI=1S/C14H18N2O2S/c1-15-12(17)5-7-14(15)6-3-8-16(10-14)13(18)11-4-2-9-19-11/h2,4,9H,3,5-8,10H2,1H3. The Labute approximate surface area is 117 Å². The van der Waals surface area contributed by atoms with Gasteiger partial charge in [-0.3, -0.25) is 9.59 Å². The van der Waals surface area contributed by atoms with Gasteiger partial charge in [-0.25, -0.2) is 0 Å². The molecule has 3 heterocycles. The van der Waals surface area contributed by atoms with Crippen LogP contribution < -0.4 is 0 Å². The minimum Gasteiger partial charge on any atom is -0.338 e. The molecule has 3 rings (SSSR count). The van der Waals surface area contributed by atoms with E-state index in [9.17, 15) is 9.59 Å². The molecule has 2 fully saturated rings. The molecule has 0 aromatic carbocycles. The van der Waals surface area contributed by atoms with Gasteiger partial charge in [-0.2, -0.15) is 0 Å². The summed E-state index contributed by atoms with van der Waals surface area (Å²) in [7, 11) is 1.88. The molecule has 0 bridgehead atoms. The Kier molecular flexibility index (Phi) is 3.09. The second-order valence-corrected chi connectivity index (χ2v) is 6.43. The molecule has 19 heavy (non-hydrogen) atoms. The van der Waals surface area contributed by atoms with Gasteiger partial charge in [-0.1, -0.05) is 6.07 Å². The number of carbonyl (C=O) groups excluding carboxylic acids is 2. The summed E-state index contributed by atoms with van der Waals surface area (Å²) in [6.07, 6.45) is 3.51. The molecule has 2 amide bonds. The predicted molar refractivity (Wildman–Crippen MR) is 74.2 cm³/mol. The minimum atomic E-state index is -0.109. The van der Waals surface area contributed by atoms with E-state index in [1.54, 1.807) is 0 Å². The number of hydrogen-bond acceptors (Lipinski definition) is 3. The van der Waals surface area contributed by atoms with Crippen LogP contribution in [0.2, 0.25) is 0 Å². The lowest BCUT2D eigenvalue weighted by Crippen LogP contribution is -2.56. The first-order chi connectivity index (χ1) is 9.12. The molecule has 0 aliphatic carbocycles. The smallest absolute Gasteiger partial charge is 0.263 e. The van der Waals surface area contributed by atoms with E-state index in [1.807, 2.05) is 34.4 Å². The van der Waals surface area contributed by atoms with Crippen LogP contribution in [-0.2, 0) is 4.79 Å². The molecule has 2 aliphatic heterocycles. The van der Waals surface area contributed by atoms with Crippen molar-refractivity contribution in [1.29, 1.82) is 0 Å². The van der Waals surface area contributed by atoms with Crippen molar-refractivity contribution in [2.75, 3.05) is 20.1 Å². The molecule has 0 N–H and O–H groups in total. The van der Waals surface area contributed by atoms with Crippen molar-refractivity contribution in [3.05, 3.63) is 22.4 Å². The molecule has 2 aliphatic rings. The quantitative estimate of drug-likeness (QED) is 0.788. The molecule has 1 atom stereocenters. The van der Waals surface area contributed by atoms with Crippen molar-refractivity contribution in [1.82, 2.24) is 9.80 Å². The highest BCUT2D eigenvalue weighted by Crippen LogP contribution is 2.37. The van der Waals surface area contributed by atoms with Crippen LogP contribution >= 0.6 is 11.3 Å². The Bertz CT molecular complexity index is 500. The van der Waals surface area contributed by atoms with Crippen LogP contribution in [0, 0.1) is 0 Å². The first-order valence-corrected chi connectivity index (χ1v) is 7.60. The third-order valence-electron chi connectivity index (χ3n) is 4.46. The maximum atomic E-state index is 12.4. The van der Waals surface area contributed by atoms with Crippen LogP contribution in [0.15, 0.2) is 17.5 Å². The van der Waals surface area contributed by atoms with Crippen LogP contribution in [0.5, 0.6) is 0 Å². The van der Waals surface area contributed by atoms with Gasteiger partial charge >= 0.3 is 0 Å². The number of carbonyl (C=O) groups is 2. The monoisotopic (exact) mass is 278 g/mol. The molecule has 4 nitrogen and oxygen atoms in total. The Balaban J connectivity index is 1.79. The van der Waals surface area contributed by atoms with E-state index >= 15 is 0 Å². The zero-order chi connectivity index (χ0) is 13.5. The molecule has 5 heteroatoms. The van der Waals surface area contributed by atoms with E-state index in [-0.39, 0.29) is 17.4 Å². The summed E-state index contributed by atoms with van der Waals surface area (Å²) in [5.74, 6) is 0.326. The average molecular weight is 278 g/mol. The summed E-state index contributed by atoms with van der Waals surface area (Å²) < 4.78 is 0. The van der Waals surface area contributed by atoms with Gasteiger partial charge in [-0.05, 0) is 30.7 Å². The molecule has 102 valence electrons. The SMILES string of the molecule is CN1C(=O)CCC12CCCN(C(=O)c1cccs1)C2. The largest absolute Gasteiger partial charge is 0.338 e. The summed E-state index contributed by atoms with van der Waals surface area (Å²) in [6.45, 7) is 1.49. The highest BCUT2D eigenvalue weighted by molar-refractivity contribution is 7.12. The van der Waals surface area contributed by atoms with Gasteiger partial charge in [0.1, 0.15) is 0 Å². The van der Waals surface area contributed by atoms with Crippen molar-refractivity contribution >= 4 is 23.2 Å². The van der Waals surface area contributed by atoms with Crippen LogP contribution in [-0.4, -0.2) is 47.3 Å². The lowest BCUT2D eigenvalue weighted by Gasteiger charge is -2.44. The number of piperidine rings is 1. The topological polar surface area (TPSA) is 40.6 Å². The Hall–Kier alpha value is -1.36. The highest BCUT2D eigenvalue weighted by Gasteiger charge is 2.46. The molecular weight excluding hydrogens is 260 g/mol. The molecule has 2 saturated heterocycles. The second kappa shape index (κ2) is 4.63. The van der Waals surface area contributed by atoms with Gasteiger partial charge in [0.25, 0.3) is 5.91 Å². The molecule has 1 spiro atoms. The lowest BCUT2D eigenvalue weighted by molar-refractivity contribution is -0.130. The van der Waals surface area contributed by atoms with Crippen LogP contribution in [0.3, 0.4) is 0 Å². The zero-order valence-corrected chi connectivity index (χ0v) is 11.9. The summed E-state index contributed by atoms with van der Waals surface area (Å²) in [5.41, 5.74) is -0.109. The number of nitrogens with zero attached hydrogens (tertiary/aromatic N) is 2. The Morgan fingerprint density at radius 3 is 2.89 bits per heavy atom. The zero-order valence-electron chi connectivity index (χ0n) is 11.1. The average Bonchev–Trinajstić information content (AvgIpc) is 3.04. The van der Waals surface area contributed by atoms with E-state index in [2.05, 4.69) is 0 Å². The van der Waals surface area contributed by atoms with Gasteiger partial charge in [0, 0.05) is 26.6 Å². The summed E-state index contributed by atoms with van der Waals surface area (Å²) in [5, 5.41) is 1.93. The fourth-order valence-corrected chi connectivity index (χ4v) is 3.95. The second-order valence-electron chi connectivity index (χ2n) is 5.48. The molecule has 0 saturated carbocycles. The fraction of sp³-hybridized carbons (Fsp3) is 0.571. The minimum absolute atomic E-state index is 0.109. The van der Waals surface area contributed by atoms with Crippen LogP contribution in [0.4, 0.5) is 0 Å². The Morgan fingerprint density at radius 1 is 1.42 bits per heavy atom. The number of likely N-dealkylation sites (N-methyl/N-ethyl adjacent to an activating group) is 1. The summed E-state index contributed by atoms with van der Waals surface area (Å²) in [6, 6.07) is 3.78. The molecule has 1 aromatic rings. The maximum Gasteiger partial charge on any atom is 0.263 e. The number of hydrogen-bond donors (Lipinski definition) is 0. The predicted octanol–water partition coefficient (Wildman–Crippen LogP) is 1.98. The highest BCUT2D eigenvalue weighted by atomic mass is 32.1. The van der Waals surface area contributed by atoms with E-state index in [4.69, 9.17) is 0 Å². The van der Waals surface area contributed by atoms with E-state index < -0.39 is 0 Å². The first kappa shape index (κ1) is 12.7. The molecule has 0 radical (unpaired) electrons. The normalized spacial score (nSPS) is 27.3. The van der Waals surface area contributed by atoms with E-state index in [0.29, 0.717) is 13.0 Å². The van der Waals surface area contributed by atoms with Gasteiger partial charge in [0.2, 0.25) is 5.91 Å². The molecule has 1 aromatic heterocycles. The van der Waals surface area contributed by atoms with E-state index in [0.717, 1.165) is 30.7 Å². The van der Waals surface area contributed by atoms with Crippen molar-refractivity contribution in [3.63, 3.8) is 0 Å². The first-order valence-electron chi connectivity index (χ1n) is 6.72. The van der Waals surface area contributed by atoms with Crippen molar-refractivity contribution < 1.29 is 9.59 Å². The number of thiophene rings is 1. The lowest BCUT2D eigenvalue weighted by atomic mass is 9.86. The van der Waals surface area contributed by atoms with E-state index in [1.165, 1.54) is 11.3 Å². The van der Waals surface area contributed by atoms with Gasteiger partial charge in [0.05, 0.1) is 10.4 Å². The number of likely N-dealkylation sites (tertiary alicyclic amines) is 2. The third kappa shape index (κ3) is 2.06. The Morgan fingerprint density at radius 2 is 2.26 bits per heavy atom. The van der Waals surface area contributed by atoms with Crippen molar-refractivity contribution in [2.45, 2.75) is 31.2 Å². The molecule has 1 unspecified atom stereocenters. The fourth-order valence-electron chi connectivity index (χ4n) is 3.26. The van der Waals surface area contributed by atoms with Gasteiger partial charge in [0.15, 0.2) is 0 Å². The van der Waals surface area contributed by atoms with Crippen molar-refractivity contribution in [3.8, 4) is 0 Å². The third-order valence-corrected chi connectivity index (χ3v) is 5.32. The maximum absolute atomic E-state index is 12.4. The van der Waals surface area contributed by atoms with Crippen LogP contribution in [0.25, 0.3) is 0 Å². The molecular formula is C14H18N2O2S. The summed E-state index contributed by atoms with van der Waals surface area (Å²) in [4.78, 5) is 28.8. The number of amides is 2. The van der Waals surface area contributed by atoms with Crippen molar-refractivity contribution in [2.24, 2.45) is 0 Å².